The van der Waals surface area contributed by atoms with E-state index < -0.39 is 0 Å². The lowest BCUT2D eigenvalue weighted by atomic mass is 10.1. The molecule has 0 aliphatic carbocycles. The molecule has 0 aromatic heterocycles. The summed E-state index contributed by atoms with van der Waals surface area (Å²) in [6.45, 7) is 4.09. The van der Waals surface area contributed by atoms with Crippen molar-refractivity contribution >= 4 is 0 Å². The molecule has 1 saturated heterocycles. The van der Waals surface area contributed by atoms with Crippen molar-refractivity contribution in [3.05, 3.63) is 0 Å². The van der Waals surface area contributed by atoms with Crippen molar-refractivity contribution in [3.63, 3.8) is 0 Å². The Morgan fingerprint density at radius 2 is 1.44 bits per heavy atom. The van der Waals surface area contributed by atoms with Gasteiger partial charge in [0, 0.05) is 0 Å². The highest BCUT2D eigenvalue weighted by molar-refractivity contribution is 4.66. The molecule has 0 unspecified atom stereocenters. The first-order chi connectivity index (χ1) is 4.38. The lowest BCUT2D eigenvalue weighted by molar-refractivity contribution is -0.466. The van der Waals surface area contributed by atoms with E-state index in [0.717, 1.165) is 12.8 Å². The van der Waals surface area contributed by atoms with Crippen molar-refractivity contribution in [1.82, 2.24) is 0 Å². The molecule has 0 aromatic carbocycles. The maximum absolute atomic E-state index is 4.78. The molecule has 0 radical (unpaired) electrons. The molecule has 1 fully saturated rings. The van der Waals surface area contributed by atoms with Gasteiger partial charge in [-0.15, -0.1) is 0 Å². The lowest BCUT2D eigenvalue weighted by Crippen LogP contribution is -2.20. The molecule has 0 aromatic rings. The topological polar surface area (TPSA) is 27.7 Å². The average molecular weight is 132 g/mol. The van der Waals surface area contributed by atoms with Crippen LogP contribution >= 0.6 is 0 Å². The van der Waals surface area contributed by atoms with Gasteiger partial charge < -0.3 is 0 Å². The normalized spacial score (nSPS) is 35.3. The standard InChI is InChI=1S/C6H12O3/c1-3-5-6(4-2)8-9-7-5/h5-6H,3-4H2,1-2H3/t5-,6+. The third kappa shape index (κ3) is 1.41. The fourth-order valence-electron chi connectivity index (χ4n) is 0.909. The number of rotatable bonds is 2. The highest BCUT2D eigenvalue weighted by Crippen LogP contribution is 2.18. The van der Waals surface area contributed by atoms with E-state index in [4.69, 9.17) is 9.78 Å². The first-order valence-corrected chi connectivity index (χ1v) is 3.37. The maximum atomic E-state index is 4.78. The quantitative estimate of drug-likeness (QED) is 0.532. The molecule has 0 amide bonds. The van der Waals surface area contributed by atoms with Crippen LogP contribution in [0.4, 0.5) is 0 Å². The summed E-state index contributed by atoms with van der Waals surface area (Å²) in [6.07, 6.45) is 2.15. The Morgan fingerprint density at radius 1 is 1.00 bits per heavy atom. The fraction of sp³-hybridized carbons (Fsp3) is 1.00. The second-order valence-corrected chi connectivity index (χ2v) is 2.15. The molecule has 0 spiro atoms. The number of hydrogen-bond acceptors (Lipinski definition) is 3. The van der Waals surface area contributed by atoms with E-state index in [1.165, 1.54) is 0 Å². The third-order valence-electron chi connectivity index (χ3n) is 1.55. The van der Waals surface area contributed by atoms with E-state index in [1.807, 2.05) is 13.8 Å². The van der Waals surface area contributed by atoms with Gasteiger partial charge in [-0.1, -0.05) is 18.9 Å². The van der Waals surface area contributed by atoms with Crippen molar-refractivity contribution < 1.29 is 14.8 Å². The average Bonchev–Trinajstić information content (AvgIpc) is 2.33. The summed E-state index contributed by atoms with van der Waals surface area (Å²) in [5.74, 6) is 0. The van der Waals surface area contributed by atoms with Crippen LogP contribution in [0.5, 0.6) is 0 Å². The molecule has 1 aliphatic rings. The minimum absolute atomic E-state index is 0.134. The van der Waals surface area contributed by atoms with Crippen LogP contribution < -0.4 is 0 Å². The van der Waals surface area contributed by atoms with Gasteiger partial charge in [-0.2, -0.15) is 9.78 Å². The van der Waals surface area contributed by atoms with Gasteiger partial charge >= 0.3 is 0 Å². The second kappa shape index (κ2) is 3.15. The molecular weight excluding hydrogens is 120 g/mol. The summed E-state index contributed by atoms with van der Waals surface area (Å²) < 4.78 is 0. The van der Waals surface area contributed by atoms with E-state index in [2.05, 4.69) is 5.04 Å². The molecule has 1 rings (SSSR count). The highest BCUT2D eigenvalue weighted by Gasteiger charge is 2.28. The van der Waals surface area contributed by atoms with Gasteiger partial charge in [0.15, 0.2) is 0 Å². The Kier molecular flexibility index (Phi) is 2.45. The fourth-order valence-corrected chi connectivity index (χ4v) is 0.909. The van der Waals surface area contributed by atoms with Crippen molar-refractivity contribution in [3.8, 4) is 0 Å². The Balaban J connectivity index is 2.32. The molecule has 3 nitrogen and oxygen atoms in total. The Labute approximate surface area is 54.8 Å². The van der Waals surface area contributed by atoms with Crippen LogP contribution in [0.15, 0.2) is 0 Å². The summed E-state index contributed by atoms with van der Waals surface area (Å²) in [7, 11) is 0. The van der Waals surface area contributed by atoms with E-state index in [-0.39, 0.29) is 12.2 Å². The van der Waals surface area contributed by atoms with Gasteiger partial charge in [0.2, 0.25) is 0 Å². The molecule has 54 valence electrons. The second-order valence-electron chi connectivity index (χ2n) is 2.15. The highest BCUT2D eigenvalue weighted by atomic mass is 17.5. The minimum Gasteiger partial charge on any atom is -0.200 e. The van der Waals surface area contributed by atoms with Crippen molar-refractivity contribution in [2.75, 3.05) is 0 Å². The molecular formula is C6H12O3. The van der Waals surface area contributed by atoms with Crippen LogP contribution in [0.1, 0.15) is 26.7 Å². The maximum Gasteiger partial charge on any atom is 0.125 e. The zero-order valence-electron chi connectivity index (χ0n) is 5.79. The van der Waals surface area contributed by atoms with Crippen LogP contribution in [0.25, 0.3) is 0 Å². The molecule has 1 heterocycles. The van der Waals surface area contributed by atoms with Gasteiger partial charge in [0.1, 0.15) is 12.2 Å². The molecule has 0 bridgehead atoms. The first kappa shape index (κ1) is 6.99. The van der Waals surface area contributed by atoms with E-state index in [1.54, 1.807) is 0 Å². The summed E-state index contributed by atoms with van der Waals surface area (Å²) in [6, 6.07) is 0. The van der Waals surface area contributed by atoms with E-state index in [0.29, 0.717) is 0 Å². The molecule has 2 atom stereocenters. The lowest BCUT2D eigenvalue weighted by Gasteiger charge is -2.06. The Morgan fingerprint density at radius 3 is 1.78 bits per heavy atom. The van der Waals surface area contributed by atoms with Crippen LogP contribution in [-0.4, -0.2) is 12.2 Å². The molecule has 0 saturated carbocycles. The van der Waals surface area contributed by atoms with Crippen molar-refractivity contribution in [2.45, 2.75) is 38.9 Å². The van der Waals surface area contributed by atoms with Gasteiger partial charge in [-0.3, -0.25) is 0 Å². The Hall–Kier alpha value is -0.120. The predicted octanol–water partition coefficient (Wildman–Crippen LogP) is 1.44. The van der Waals surface area contributed by atoms with E-state index in [9.17, 15) is 0 Å². The van der Waals surface area contributed by atoms with Gasteiger partial charge in [-0.25, -0.2) is 0 Å². The summed E-state index contributed by atoms with van der Waals surface area (Å²) in [4.78, 5) is 9.57. The molecule has 0 N–H and O–H groups in total. The largest absolute Gasteiger partial charge is 0.200 e. The zero-order chi connectivity index (χ0) is 6.69. The van der Waals surface area contributed by atoms with Gasteiger partial charge in [0.05, 0.1) is 0 Å². The predicted molar refractivity (Wildman–Crippen MR) is 31.4 cm³/mol. The van der Waals surface area contributed by atoms with Crippen LogP contribution in [0.2, 0.25) is 0 Å². The minimum atomic E-state index is 0.134. The van der Waals surface area contributed by atoms with Gasteiger partial charge in [-0.05, 0) is 12.8 Å². The number of hydrogen-bond donors (Lipinski definition) is 0. The smallest absolute Gasteiger partial charge is 0.125 e. The van der Waals surface area contributed by atoms with Crippen LogP contribution in [0.3, 0.4) is 0 Å². The van der Waals surface area contributed by atoms with Crippen LogP contribution in [0, 0.1) is 0 Å². The SMILES string of the molecule is CC[C@@H]1OOO[C@@H]1CC. The molecule has 3 heteroatoms. The van der Waals surface area contributed by atoms with Crippen molar-refractivity contribution in [1.29, 1.82) is 0 Å². The Bertz CT molecular complexity index is 74.4. The van der Waals surface area contributed by atoms with E-state index >= 15 is 0 Å². The summed E-state index contributed by atoms with van der Waals surface area (Å²) in [5.41, 5.74) is 0. The monoisotopic (exact) mass is 132 g/mol. The van der Waals surface area contributed by atoms with Gasteiger partial charge in [0.25, 0.3) is 0 Å². The first-order valence-electron chi connectivity index (χ1n) is 3.37. The van der Waals surface area contributed by atoms with Crippen molar-refractivity contribution in [2.24, 2.45) is 0 Å². The zero-order valence-corrected chi connectivity index (χ0v) is 5.79. The third-order valence-corrected chi connectivity index (χ3v) is 1.55. The summed E-state index contributed by atoms with van der Waals surface area (Å²) in [5, 5.41) is 4.35. The molecule has 9 heavy (non-hydrogen) atoms. The summed E-state index contributed by atoms with van der Waals surface area (Å²) >= 11 is 0. The molecule has 1 aliphatic heterocycles. The van der Waals surface area contributed by atoms with Crippen LogP contribution in [-0.2, 0) is 14.8 Å².